The molecular formula is C8H16BrN5O2. The van der Waals surface area contributed by atoms with Gasteiger partial charge in [-0.1, -0.05) is 5.21 Å². The maximum absolute atomic E-state index is 5.47. The van der Waals surface area contributed by atoms with E-state index in [1.54, 1.807) is 18.8 Å². The normalized spacial score (nSPS) is 13.0. The summed E-state index contributed by atoms with van der Waals surface area (Å²) in [7, 11) is 3.43. The minimum atomic E-state index is -0.161. The molecule has 0 fully saturated rings. The molecule has 0 saturated heterocycles. The summed E-state index contributed by atoms with van der Waals surface area (Å²) in [5, 5.41) is 7.76. The van der Waals surface area contributed by atoms with Crippen LogP contribution in [0.25, 0.3) is 0 Å². The van der Waals surface area contributed by atoms with E-state index in [2.05, 4.69) is 31.7 Å². The van der Waals surface area contributed by atoms with Crippen LogP contribution in [0.15, 0.2) is 4.60 Å². The Balaban J connectivity index is 2.54. The summed E-state index contributed by atoms with van der Waals surface area (Å²) >= 11 is 3.31. The van der Waals surface area contributed by atoms with Crippen LogP contribution in [-0.4, -0.2) is 41.9 Å². The molecule has 1 atom stereocenters. The molecule has 16 heavy (non-hydrogen) atoms. The third-order valence-electron chi connectivity index (χ3n) is 2.07. The minimum Gasteiger partial charge on any atom is -0.382 e. The van der Waals surface area contributed by atoms with Gasteiger partial charge in [-0.25, -0.2) is 10.1 Å². The van der Waals surface area contributed by atoms with Crippen LogP contribution in [-0.2, 0) is 16.5 Å². The number of nitrogens with one attached hydrogen (secondary N) is 1. The Morgan fingerprint density at radius 1 is 1.56 bits per heavy atom. The molecule has 0 aliphatic rings. The Bertz CT molecular complexity index is 300. The van der Waals surface area contributed by atoms with E-state index in [-0.39, 0.29) is 6.04 Å². The van der Waals surface area contributed by atoms with E-state index in [9.17, 15) is 0 Å². The van der Waals surface area contributed by atoms with Crippen molar-refractivity contribution in [2.45, 2.75) is 6.04 Å². The monoisotopic (exact) mass is 293 g/mol. The molecule has 92 valence electrons. The van der Waals surface area contributed by atoms with Gasteiger partial charge in [0.25, 0.3) is 0 Å². The Labute approximate surface area is 102 Å². The number of ether oxygens (including phenoxy) is 2. The summed E-state index contributed by atoms with van der Waals surface area (Å²) in [5.41, 5.74) is 3.51. The summed E-state index contributed by atoms with van der Waals surface area (Å²) in [4.78, 5) is 0. The highest BCUT2D eigenvalue weighted by Gasteiger charge is 2.18. The SMILES string of the molecule is COCCOCC(NN)c1c(Br)nnn1C. The third-order valence-corrected chi connectivity index (χ3v) is 2.64. The maximum atomic E-state index is 5.47. The summed E-state index contributed by atoms with van der Waals surface area (Å²) in [6, 6.07) is -0.161. The van der Waals surface area contributed by atoms with E-state index in [4.69, 9.17) is 15.3 Å². The van der Waals surface area contributed by atoms with Crippen LogP contribution in [0.4, 0.5) is 0 Å². The zero-order chi connectivity index (χ0) is 12.0. The standard InChI is InChI=1S/C8H16BrN5O2/c1-14-7(8(9)12-13-14)6(11-10)5-16-4-3-15-2/h6,11H,3-5,10H2,1-2H3. The molecule has 1 unspecified atom stereocenters. The molecule has 3 N–H and O–H groups in total. The molecule has 1 aromatic rings. The number of halogens is 1. The van der Waals surface area contributed by atoms with Crippen LogP contribution in [0.5, 0.6) is 0 Å². The first-order valence-electron chi connectivity index (χ1n) is 4.78. The third kappa shape index (κ3) is 3.49. The predicted molar refractivity (Wildman–Crippen MR) is 61.5 cm³/mol. The predicted octanol–water partition coefficient (Wildman–Crippen LogP) is -0.255. The number of aromatic nitrogens is 3. The van der Waals surface area contributed by atoms with Crippen LogP contribution in [0, 0.1) is 0 Å². The zero-order valence-electron chi connectivity index (χ0n) is 9.31. The van der Waals surface area contributed by atoms with Crippen LogP contribution < -0.4 is 11.3 Å². The molecule has 0 spiro atoms. The van der Waals surface area contributed by atoms with E-state index in [0.29, 0.717) is 24.4 Å². The summed E-state index contributed by atoms with van der Waals surface area (Å²) < 4.78 is 12.6. The average Bonchev–Trinajstić information content (AvgIpc) is 2.60. The van der Waals surface area contributed by atoms with Crippen molar-refractivity contribution < 1.29 is 9.47 Å². The highest BCUT2D eigenvalue weighted by Crippen LogP contribution is 2.19. The van der Waals surface area contributed by atoms with Crippen molar-refractivity contribution in [3.05, 3.63) is 10.3 Å². The van der Waals surface area contributed by atoms with Gasteiger partial charge in [0.1, 0.15) is 0 Å². The van der Waals surface area contributed by atoms with Crippen molar-refractivity contribution in [3.8, 4) is 0 Å². The zero-order valence-corrected chi connectivity index (χ0v) is 10.9. The molecule has 1 heterocycles. The summed E-state index contributed by atoms with van der Waals surface area (Å²) in [5.74, 6) is 5.47. The van der Waals surface area contributed by atoms with Gasteiger partial charge in [0, 0.05) is 14.2 Å². The second kappa shape index (κ2) is 6.92. The van der Waals surface area contributed by atoms with Gasteiger partial charge in [0.2, 0.25) is 0 Å². The fourth-order valence-corrected chi connectivity index (χ4v) is 1.86. The van der Waals surface area contributed by atoms with Crippen molar-refractivity contribution in [3.63, 3.8) is 0 Å². The smallest absolute Gasteiger partial charge is 0.153 e. The number of hydrogen-bond acceptors (Lipinski definition) is 6. The Morgan fingerprint density at radius 3 is 2.81 bits per heavy atom. The van der Waals surface area contributed by atoms with Crippen LogP contribution in [0.1, 0.15) is 11.7 Å². The molecule has 1 aromatic heterocycles. The van der Waals surface area contributed by atoms with Gasteiger partial charge in [-0.15, -0.1) is 5.10 Å². The lowest BCUT2D eigenvalue weighted by Gasteiger charge is -2.16. The molecule has 7 nitrogen and oxygen atoms in total. The maximum Gasteiger partial charge on any atom is 0.153 e. The van der Waals surface area contributed by atoms with E-state index in [1.165, 1.54) is 0 Å². The van der Waals surface area contributed by atoms with Gasteiger partial charge < -0.3 is 9.47 Å². The number of hydrogen-bond donors (Lipinski definition) is 2. The largest absolute Gasteiger partial charge is 0.382 e. The highest BCUT2D eigenvalue weighted by molar-refractivity contribution is 9.10. The van der Waals surface area contributed by atoms with Gasteiger partial charge in [-0.3, -0.25) is 5.84 Å². The average molecular weight is 294 g/mol. The Kier molecular flexibility index (Phi) is 5.85. The van der Waals surface area contributed by atoms with Crippen LogP contribution in [0.2, 0.25) is 0 Å². The summed E-state index contributed by atoms with van der Waals surface area (Å²) in [6.45, 7) is 1.51. The second-order valence-electron chi connectivity index (χ2n) is 3.18. The number of aryl methyl sites for hydroxylation is 1. The van der Waals surface area contributed by atoms with Gasteiger partial charge in [-0.2, -0.15) is 0 Å². The van der Waals surface area contributed by atoms with E-state index >= 15 is 0 Å². The fraction of sp³-hybridized carbons (Fsp3) is 0.750. The highest BCUT2D eigenvalue weighted by atomic mass is 79.9. The van der Waals surface area contributed by atoms with E-state index in [1.807, 2.05) is 0 Å². The van der Waals surface area contributed by atoms with Gasteiger partial charge in [0.05, 0.1) is 31.6 Å². The second-order valence-corrected chi connectivity index (χ2v) is 3.93. The summed E-state index contributed by atoms with van der Waals surface area (Å²) in [6.07, 6.45) is 0. The topological polar surface area (TPSA) is 87.2 Å². The molecule has 0 radical (unpaired) electrons. The molecule has 1 rings (SSSR count). The molecule has 0 aromatic carbocycles. The number of methoxy groups -OCH3 is 1. The minimum absolute atomic E-state index is 0.161. The van der Waals surface area contributed by atoms with Gasteiger partial charge in [0.15, 0.2) is 4.60 Å². The molecule has 0 saturated carbocycles. The van der Waals surface area contributed by atoms with Crippen molar-refractivity contribution in [1.29, 1.82) is 0 Å². The number of nitrogens with two attached hydrogens (primary N) is 1. The first-order chi connectivity index (χ1) is 7.70. The molecule has 0 aliphatic carbocycles. The lowest BCUT2D eigenvalue weighted by atomic mass is 10.2. The first-order valence-corrected chi connectivity index (χ1v) is 5.57. The fourth-order valence-electron chi connectivity index (χ4n) is 1.26. The van der Waals surface area contributed by atoms with E-state index in [0.717, 1.165) is 5.69 Å². The number of hydrazine groups is 1. The van der Waals surface area contributed by atoms with Crippen molar-refractivity contribution >= 4 is 15.9 Å². The first kappa shape index (κ1) is 13.5. The molecule has 0 aliphatic heterocycles. The Hall–Kier alpha value is -0.540. The lowest BCUT2D eigenvalue weighted by Crippen LogP contribution is -2.33. The van der Waals surface area contributed by atoms with Gasteiger partial charge in [-0.05, 0) is 15.9 Å². The van der Waals surface area contributed by atoms with Crippen LogP contribution >= 0.6 is 15.9 Å². The van der Waals surface area contributed by atoms with Gasteiger partial charge >= 0.3 is 0 Å². The molecule has 0 bridgehead atoms. The number of rotatable bonds is 7. The lowest BCUT2D eigenvalue weighted by molar-refractivity contribution is 0.0574. The van der Waals surface area contributed by atoms with Crippen molar-refractivity contribution in [2.24, 2.45) is 12.9 Å². The Morgan fingerprint density at radius 2 is 2.31 bits per heavy atom. The van der Waals surface area contributed by atoms with Crippen molar-refractivity contribution in [2.75, 3.05) is 26.9 Å². The van der Waals surface area contributed by atoms with E-state index < -0.39 is 0 Å². The molecular weight excluding hydrogens is 278 g/mol. The molecule has 0 amide bonds. The van der Waals surface area contributed by atoms with Crippen molar-refractivity contribution in [1.82, 2.24) is 20.4 Å². The van der Waals surface area contributed by atoms with Crippen LogP contribution in [0.3, 0.4) is 0 Å². The molecule has 8 heteroatoms. The quantitative estimate of drug-likeness (QED) is 0.409. The number of nitrogens with zero attached hydrogens (tertiary/aromatic N) is 3.